The first-order valence-corrected chi connectivity index (χ1v) is 6.91. The molecule has 3 atom stereocenters. The average Bonchev–Trinajstić information content (AvgIpc) is 2.87. The third-order valence-corrected chi connectivity index (χ3v) is 4.40. The number of phenols is 1. The molecular weight excluding hydrogens is 240 g/mol. The lowest BCUT2D eigenvalue weighted by atomic mass is 10.0. The lowest BCUT2D eigenvalue weighted by Gasteiger charge is -2.28. The smallest absolute Gasteiger partial charge is 0.258 e. The van der Waals surface area contributed by atoms with Gasteiger partial charge in [0.1, 0.15) is 5.75 Å². The molecule has 2 N–H and O–H groups in total. The van der Waals surface area contributed by atoms with Gasteiger partial charge in [0.25, 0.3) is 5.91 Å². The normalized spacial score (nSPS) is 29.6. The van der Waals surface area contributed by atoms with Gasteiger partial charge in [0.15, 0.2) is 0 Å². The van der Waals surface area contributed by atoms with Gasteiger partial charge in [-0.05, 0) is 43.9 Å². The largest absolute Gasteiger partial charge is 0.507 e. The summed E-state index contributed by atoms with van der Waals surface area (Å²) in [6.45, 7) is 5.87. The van der Waals surface area contributed by atoms with Crippen LogP contribution in [0, 0.1) is 12.8 Å². The lowest BCUT2D eigenvalue weighted by molar-refractivity contribution is 0.0679. The fraction of sp³-hybridized carbons (Fsp3) is 0.533. The second-order valence-corrected chi connectivity index (χ2v) is 5.80. The van der Waals surface area contributed by atoms with Crippen molar-refractivity contribution in [3.8, 4) is 5.75 Å². The van der Waals surface area contributed by atoms with Gasteiger partial charge in [-0.2, -0.15) is 0 Å². The second-order valence-electron chi connectivity index (χ2n) is 5.80. The zero-order chi connectivity index (χ0) is 13.6. The van der Waals surface area contributed by atoms with Crippen LogP contribution in [0.4, 0.5) is 0 Å². The van der Waals surface area contributed by atoms with Gasteiger partial charge in [-0.3, -0.25) is 4.79 Å². The molecule has 2 aliphatic rings. The van der Waals surface area contributed by atoms with Gasteiger partial charge in [0.2, 0.25) is 0 Å². The fourth-order valence-corrected chi connectivity index (χ4v) is 3.48. The van der Waals surface area contributed by atoms with E-state index in [0.717, 1.165) is 25.1 Å². The Labute approximate surface area is 113 Å². The Bertz CT molecular complexity index is 515. The zero-order valence-corrected chi connectivity index (χ0v) is 11.4. The Kier molecular flexibility index (Phi) is 2.97. The molecule has 2 saturated heterocycles. The van der Waals surface area contributed by atoms with Crippen molar-refractivity contribution < 1.29 is 9.90 Å². The van der Waals surface area contributed by atoms with E-state index in [-0.39, 0.29) is 23.7 Å². The van der Waals surface area contributed by atoms with Crippen molar-refractivity contribution in [3.05, 3.63) is 29.3 Å². The van der Waals surface area contributed by atoms with Crippen molar-refractivity contribution in [2.75, 3.05) is 13.1 Å². The lowest BCUT2D eigenvalue weighted by Crippen LogP contribution is -2.42. The maximum absolute atomic E-state index is 12.7. The van der Waals surface area contributed by atoms with Crippen LogP contribution < -0.4 is 5.32 Å². The maximum Gasteiger partial charge on any atom is 0.258 e. The number of benzene rings is 1. The average molecular weight is 260 g/mol. The first-order chi connectivity index (χ1) is 9.08. The highest BCUT2D eigenvalue weighted by Gasteiger charge is 2.44. The second kappa shape index (κ2) is 4.53. The highest BCUT2D eigenvalue weighted by Crippen LogP contribution is 2.34. The maximum atomic E-state index is 12.7. The van der Waals surface area contributed by atoms with Crippen LogP contribution in [0.25, 0.3) is 0 Å². The molecule has 0 radical (unpaired) electrons. The molecule has 3 unspecified atom stereocenters. The van der Waals surface area contributed by atoms with Crippen LogP contribution in [-0.2, 0) is 0 Å². The van der Waals surface area contributed by atoms with E-state index in [1.807, 2.05) is 17.9 Å². The van der Waals surface area contributed by atoms with Gasteiger partial charge in [-0.25, -0.2) is 0 Å². The number of rotatable bonds is 1. The number of fused-ring (bicyclic) bond motifs is 1. The SMILES string of the molecule is Cc1ccc(C(=O)N2C(C)CC3CNCC32)c(O)c1. The topological polar surface area (TPSA) is 52.6 Å². The van der Waals surface area contributed by atoms with Crippen molar-refractivity contribution in [1.29, 1.82) is 0 Å². The Morgan fingerprint density at radius 3 is 2.95 bits per heavy atom. The standard InChI is InChI=1S/C15H20N2O2/c1-9-3-4-12(14(18)5-9)15(19)17-10(2)6-11-7-16-8-13(11)17/h3-5,10-11,13,16,18H,6-8H2,1-2H3. The molecule has 1 aromatic carbocycles. The number of aromatic hydroxyl groups is 1. The third-order valence-electron chi connectivity index (χ3n) is 4.40. The zero-order valence-electron chi connectivity index (χ0n) is 11.4. The Morgan fingerprint density at radius 1 is 1.42 bits per heavy atom. The molecule has 4 nitrogen and oxygen atoms in total. The number of likely N-dealkylation sites (tertiary alicyclic amines) is 1. The van der Waals surface area contributed by atoms with E-state index in [9.17, 15) is 9.90 Å². The molecule has 3 rings (SSSR count). The summed E-state index contributed by atoms with van der Waals surface area (Å²) < 4.78 is 0. The summed E-state index contributed by atoms with van der Waals surface area (Å²) >= 11 is 0. The van der Waals surface area contributed by atoms with Gasteiger partial charge >= 0.3 is 0 Å². The highest BCUT2D eigenvalue weighted by atomic mass is 16.3. The Balaban J connectivity index is 1.90. The quantitative estimate of drug-likeness (QED) is 0.805. The number of nitrogens with zero attached hydrogens (tertiary/aromatic N) is 1. The summed E-state index contributed by atoms with van der Waals surface area (Å²) in [5.41, 5.74) is 1.38. The van der Waals surface area contributed by atoms with Crippen molar-refractivity contribution in [2.24, 2.45) is 5.92 Å². The number of amides is 1. The first kappa shape index (κ1) is 12.5. The number of aryl methyl sites for hydroxylation is 1. The van der Waals surface area contributed by atoms with Crippen molar-refractivity contribution in [1.82, 2.24) is 10.2 Å². The Morgan fingerprint density at radius 2 is 2.21 bits per heavy atom. The number of nitrogens with one attached hydrogen (secondary N) is 1. The van der Waals surface area contributed by atoms with Crippen molar-refractivity contribution >= 4 is 5.91 Å². The van der Waals surface area contributed by atoms with E-state index < -0.39 is 0 Å². The summed E-state index contributed by atoms with van der Waals surface area (Å²) in [6, 6.07) is 5.79. The molecule has 1 amide bonds. The molecule has 0 aliphatic carbocycles. The summed E-state index contributed by atoms with van der Waals surface area (Å²) in [6.07, 6.45) is 1.05. The van der Waals surface area contributed by atoms with Crippen LogP contribution in [0.5, 0.6) is 5.75 Å². The molecule has 19 heavy (non-hydrogen) atoms. The van der Waals surface area contributed by atoms with Gasteiger partial charge in [0, 0.05) is 25.2 Å². The van der Waals surface area contributed by atoms with Gasteiger partial charge in [-0.1, -0.05) is 6.07 Å². The predicted octanol–water partition coefficient (Wildman–Crippen LogP) is 1.52. The molecule has 0 bridgehead atoms. The van der Waals surface area contributed by atoms with E-state index in [1.54, 1.807) is 12.1 Å². The molecule has 0 aromatic heterocycles. The number of carbonyl (C=O) groups is 1. The third kappa shape index (κ3) is 2.00. The molecule has 2 aliphatic heterocycles. The van der Waals surface area contributed by atoms with Crippen LogP contribution in [-0.4, -0.2) is 41.1 Å². The summed E-state index contributed by atoms with van der Waals surface area (Å²) in [7, 11) is 0. The number of carbonyl (C=O) groups excluding carboxylic acids is 1. The summed E-state index contributed by atoms with van der Waals surface area (Å²) in [4.78, 5) is 14.6. The van der Waals surface area contributed by atoms with Gasteiger partial charge < -0.3 is 15.3 Å². The fourth-order valence-electron chi connectivity index (χ4n) is 3.48. The van der Waals surface area contributed by atoms with Crippen molar-refractivity contribution in [2.45, 2.75) is 32.4 Å². The molecule has 0 spiro atoms. The summed E-state index contributed by atoms with van der Waals surface area (Å²) in [5.74, 6) is 0.611. The number of hydrogen-bond donors (Lipinski definition) is 2. The van der Waals surface area contributed by atoms with Gasteiger partial charge in [0.05, 0.1) is 5.56 Å². The van der Waals surface area contributed by atoms with Crippen LogP contribution >= 0.6 is 0 Å². The van der Waals surface area contributed by atoms with Crippen molar-refractivity contribution in [3.63, 3.8) is 0 Å². The van der Waals surface area contributed by atoms with E-state index in [4.69, 9.17) is 0 Å². The van der Waals surface area contributed by atoms with Crippen LogP contribution in [0.15, 0.2) is 18.2 Å². The predicted molar refractivity (Wildman–Crippen MR) is 73.2 cm³/mol. The highest BCUT2D eigenvalue weighted by molar-refractivity contribution is 5.97. The van der Waals surface area contributed by atoms with E-state index in [2.05, 4.69) is 12.2 Å². The van der Waals surface area contributed by atoms with Gasteiger partial charge in [-0.15, -0.1) is 0 Å². The van der Waals surface area contributed by atoms with Crippen LogP contribution in [0.1, 0.15) is 29.3 Å². The first-order valence-electron chi connectivity index (χ1n) is 6.91. The summed E-state index contributed by atoms with van der Waals surface area (Å²) in [5, 5.41) is 13.3. The molecule has 2 heterocycles. The molecule has 1 aromatic rings. The molecular formula is C15H20N2O2. The minimum absolute atomic E-state index is 0.0406. The molecule has 4 heteroatoms. The molecule has 2 fully saturated rings. The van der Waals surface area contributed by atoms with E-state index in [1.165, 1.54) is 0 Å². The number of hydrogen-bond acceptors (Lipinski definition) is 3. The molecule has 0 saturated carbocycles. The van der Waals surface area contributed by atoms with Crippen LogP contribution in [0.3, 0.4) is 0 Å². The Hall–Kier alpha value is -1.55. The number of phenolic OH excluding ortho intramolecular Hbond substituents is 1. The monoisotopic (exact) mass is 260 g/mol. The van der Waals surface area contributed by atoms with E-state index in [0.29, 0.717) is 11.5 Å². The minimum Gasteiger partial charge on any atom is -0.507 e. The van der Waals surface area contributed by atoms with Crippen LogP contribution in [0.2, 0.25) is 0 Å². The van der Waals surface area contributed by atoms with E-state index >= 15 is 0 Å². The minimum atomic E-state index is -0.0406. The molecule has 102 valence electrons.